The van der Waals surface area contributed by atoms with E-state index < -0.39 is 5.60 Å². The number of nitrogens with zero attached hydrogens (tertiary/aromatic N) is 2. The Bertz CT molecular complexity index is 1010. The van der Waals surface area contributed by atoms with Crippen molar-refractivity contribution in [3.05, 3.63) is 64.7 Å². The van der Waals surface area contributed by atoms with Gasteiger partial charge in [0.1, 0.15) is 0 Å². The maximum absolute atomic E-state index is 13.5. The standard InChI is InChI=1S/C26H30N2O3/c29-24(21-13-12-19-8-2-3-9-20(19)16-21)17-26(31)22-10-4-5-11-23(22)28(25(26)30)18-27-14-6-1-7-15-27/h4-5,10-13,16,31H,1-3,6-9,14-15,17-18H2. The number of aryl methyl sites for hydroxylation is 2. The molecule has 0 aromatic heterocycles. The molecule has 1 unspecified atom stereocenters. The normalized spacial score (nSPS) is 23.5. The second kappa shape index (κ2) is 8.21. The Morgan fingerprint density at radius 2 is 1.68 bits per heavy atom. The number of para-hydroxylation sites is 1. The van der Waals surface area contributed by atoms with E-state index in [1.165, 1.54) is 24.0 Å². The molecule has 31 heavy (non-hydrogen) atoms. The number of hydrogen-bond donors (Lipinski definition) is 1. The third-order valence-corrected chi connectivity index (χ3v) is 7.12. The summed E-state index contributed by atoms with van der Waals surface area (Å²) >= 11 is 0. The molecule has 5 heteroatoms. The number of carbonyl (C=O) groups is 2. The van der Waals surface area contributed by atoms with Crippen LogP contribution in [0.4, 0.5) is 5.69 Å². The lowest BCUT2D eigenvalue weighted by molar-refractivity contribution is -0.136. The summed E-state index contributed by atoms with van der Waals surface area (Å²) in [6.07, 6.45) is 7.65. The van der Waals surface area contributed by atoms with Crippen LogP contribution in [0.2, 0.25) is 0 Å². The largest absolute Gasteiger partial charge is 0.375 e. The van der Waals surface area contributed by atoms with Gasteiger partial charge in [-0.2, -0.15) is 0 Å². The van der Waals surface area contributed by atoms with Crippen molar-refractivity contribution in [3.8, 4) is 0 Å². The van der Waals surface area contributed by atoms with Crippen LogP contribution in [-0.4, -0.2) is 41.5 Å². The average molecular weight is 419 g/mol. The van der Waals surface area contributed by atoms with Gasteiger partial charge >= 0.3 is 0 Å². The number of fused-ring (bicyclic) bond motifs is 2. The number of rotatable bonds is 5. The molecule has 2 aliphatic heterocycles. The number of aliphatic hydroxyl groups is 1. The van der Waals surface area contributed by atoms with Gasteiger partial charge in [0.05, 0.1) is 18.8 Å². The summed E-state index contributed by atoms with van der Waals surface area (Å²) in [5.41, 5.74) is 2.60. The highest BCUT2D eigenvalue weighted by Gasteiger charge is 2.51. The Labute approximate surface area is 183 Å². The number of piperidine rings is 1. The maximum atomic E-state index is 13.5. The highest BCUT2D eigenvalue weighted by Crippen LogP contribution is 2.43. The van der Waals surface area contributed by atoms with Crippen molar-refractivity contribution in [1.82, 2.24) is 4.90 Å². The smallest absolute Gasteiger partial charge is 0.265 e. The Morgan fingerprint density at radius 3 is 2.48 bits per heavy atom. The van der Waals surface area contributed by atoms with Gasteiger partial charge in [0.25, 0.3) is 5.91 Å². The molecule has 162 valence electrons. The van der Waals surface area contributed by atoms with Crippen LogP contribution < -0.4 is 4.90 Å². The lowest BCUT2D eigenvalue weighted by atomic mass is 9.85. The molecule has 2 heterocycles. The third kappa shape index (κ3) is 3.70. The summed E-state index contributed by atoms with van der Waals surface area (Å²) < 4.78 is 0. The van der Waals surface area contributed by atoms with Gasteiger partial charge in [0, 0.05) is 11.1 Å². The van der Waals surface area contributed by atoms with Crippen LogP contribution in [0, 0.1) is 0 Å². The minimum absolute atomic E-state index is 0.182. The van der Waals surface area contributed by atoms with Crippen LogP contribution in [0.15, 0.2) is 42.5 Å². The van der Waals surface area contributed by atoms with Crippen molar-refractivity contribution in [1.29, 1.82) is 0 Å². The van der Waals surface area contributed by atoms with Crippen molar-refractivity contribution >= 4 is 17.4 Å². The zero-order valence-corrected chi connectivity index (χ0v) is 18.0. The SMILES string of the molecule is O=C(CC1(O)C(=O)N(CN2CCCCC2)c2ccccc21)c1ccc2c(c1)CCCC2. The lowest BCUT2D eigenvalue weighted by Gasteiger charge is -2.31. The topological polar surface area (TPSA) is 60.9 Å². The lowest BCUT2D eigenvalue weighted by Crippen LogP contribution is -2.47. The first-order chi connectivity index (χ1) is 15.1. The first-order valence-corrected chi connectivity index (χ1v) is 11.6. The molecular weight excluding hydrogens is 388 g/mol. The average Bonchev–Trinajstić information content (AvgIpc) is 3.01. The molecule has 2 aromatic rings. The van der Waals surface area contributed by atoms with E-state index in [0.29, 0.717) is 17.8 Å². The molecule has 1 fully saturated rings. The fraction of sp³-hybridized carbons (Fsp3) is 0.462. The molecule has 1 aliphatic carbocycles. The van der Waals surface area contributed by atoms with E-state index in [9.17, 15) is 14.7 Å². The van der Waals surface area contributed by atoms with Gasteiger partial charge in [-0.05, 0) is 74.9 Å². The Morgan fingerprint density at radius 1 is 0.935 bits per heavy atom. The molecule has 0 bridgehead atoms. The van der Waals surface area contributed by atoms with E-state index in [4.69, 9.17) is 0 Å². The van der Waals surface area contributed by atoms with E-state index in [-0.39, 0.29) is 18.1 Å². The number of benzene rings is 2. The molecule has 1 N–H and O–H groups in total. The van der Waals surface area contributed by atoms with E-state index in [1.807, 2.05) is 36.4 Å². The minimum atomic E-state index is -1.81. The molecule has 1 amide bonds. The maximum Gasteiger partial charge on any atom is 0.265 e. The van der Waals surface area contributed by atoms with Gasteiger partial charge in [-0.1, -0.05) is 36.8 Å². The molecule has 5 rings (SSSR count). The van der Waals surface area contributed by atoms with E-state index >= 15 is 0 Å². The van der Waals surface area contributed by atoms with Gasteiger partial charge in [0.15, 0.2) is 11.4 Å². The number of amides is 1. The second-order valence-corrected chi connectivity index (χ2v) is 9.22. The fourth-order valence-electron chi connectivity index (χ4n) is 5.36. The van der Waals surface area contributed by atoms with Gasteiger partial charge in [-0.3, -0.25) is 19.4 Å². The highest BCUT2D eigenvalue weighted by atomic mass is 16.3. The third-order valence-electron chi connectivity index (χ3n) is 7.12. The van der Waals surface area contributed by atoms with Crippen LogP contribution in [0.1, 0.15) is 65.6 Å². The summed E-state index contributed by atoms with van der Waals surface area (Å²) in [7, 11) is 0. The number of likely N-dealkylation sites (tertiary alicyclic amines) is 1. The van der Waals surface area contributed by atoms with Crippen molar-refractivity contribution in [2.24, 2.45) is 0 Å². The summed E-state index contributed by atoms with van der Waals surface area (Å²) in [6.45, 7) is 2.38. The predicted octanol–water partition coefficient (Wildman–Crippen LogP) is 3.82. The van der Waals surface area contributed by atoms with Gasteiger partial charge in [-0.15, -0.1) is 0 Å². The first kappa shape index (κ1) is 20.4. The minimum Gasteiger partial charge on any atom is -0.375 e. The molecule has 1 saturated heterocycles. The zero-order chi connectivity index (χ0) is 21.4. The summed E-state index contributed by atoms with van der Waals surface area (Å²) in [5.74, 6) is -0.565. The number of hydrogen-bond acceptors (Lipinski definition) is 4. The summed E-state index contributed by atoms with van der Waals surface area (Å²) in [6, 6.07) is 13.2. The van der Waals surface area contributed by atoms with Crippen molar-refractivity contribution < 1.29 is 14.7 Å². The quantitative estimate of drug-likeness (QED) is 0.750. The second-order valence-electron chi connectivity index (χ2n) is 9.22. The summed E-state index contributed by atoms with van der Waals surface area (Å²) in [5, 5.41) is 11.6. The first-order valence-electron chi connectivity index (χ1n) is 11.6. The van der Waals surface area contributed by atoms with E-state index in [0.717, 1.165) is 50.9 Å². The molecule has 3 aliphatic rings. The molecule has 0 radical (unpaired) electrons. The number of ketones is 1. The van der Waals surface area contributed by atoms with E-state index in [2.05, 4.69) is 4.90 Å². The Balaban J connectivity index is 1.41. The van der Waals surface area contributed by atoms with Crippen LogP contribution >= 0.6 is 0 Å². The molecule has 0 saturated carbocycles. The highest BCUT2D eigenvalue weighted by molar-refractivity contribution is 6.10. The van der Waals surface area contributed by atoms with Gasteiger partial charge < -0.3 is 5.11 Å². The molecule has 0 spiro atoms. The molecule has 2 aromatic carbocycles. The van der Waals surface area contributed by atoms with Gasteiger partial charge in [0.2, 0.25) is 0 Å². The molecule has 1 atom stereocenters. The van der Waals surface area contributed by atoms with Gasteiger partial charge in [-0.25, -0.2) is 0 Å². The number of anilines is 1. The van der Waals surface area contributed by atoms with Crippen molar-refractivity contribution in [2.45, 2.75) is 57.0 Å². The summed E-state index contributed by atoms with van der Waals surface area (Å²) in [4.78, 5) is 30.6. The fourth-order valence-corrected chi connectivity index (χ4v) is 5.36. The monoisotopic (exact) mass is 418 g/mol. The molecule has 5 nitrogen and oxygen atoms in total. The predicted molar refractivity (Wildman–Crippen MR) is 120 cm³/mol. The van der Waals surface area contributed by atoms with Crippen LogP contribution in [0.5, 0.6) is 0 Å². The Kier molecular flexibility index (Phi) is 5.40. The molecular formula is C26H30N2O3. The number of carbonyl (C=O) groups excluding carboxylic acids is 2. The van der Waals surface area contributed by atoms with Crippen LogP contribution in [0.25, 0.3) is 0 Å². The Hall–Kier alpha value is -2.50. The van der Waals surface area contributed by atoms with Crippen LogP contribution in [-0.2, 0) is 23.2 Å². The van der Waals surface area contributed by atoms with Crippen molar-refractivity contribution in [3.63, 3.8) is 0 Å². The van der Waals surface area contributed by atoms with Crippen LogP contribution in [0.3, 0.4) is 0 Å². The van der Waals surface area contributed by atoms with Crippen molar-refractivity contribution in [2.75, 3.05) is 24.7 Å². The zero-order valence-electron chi connectivity index (χ0n) is 18.0. The van der Waals surface area contributed by atoms with E-state index in [1.54, 1.807) is 11.0 Å². The number of Topliss-reactive ketones (excluding diaryl/α,β-unsaturated/α-hetero) is 1.